The maximum Gasteiger partial charge on any atom is 0.121 e. The number of methoxy groups -OCH3 is 1. The number of likely N-dealkylation sites (tertiary alicyclic amines) is 1. The highest BCUT2D eigenvalue weighted by Gasteiger charge is 2.25. The summed E-state index contributed by atoms with van der Waals surface area (Å²) in [5, 5.41) is 0. The first-order valence-corrected chi connectivity index (χ1v) is 7.45. The summed E-state index contributed by atoms with van der Waals surface area (Å²) in [6.45, 7) is 5.54. The van der Waals surface area contributed by atoms with Crippen LogP contribution in [0.3, 0.4) is 0 Å². The van der Waals surface area contributed by atoms with Crippen LogP contribution in [-0.4, -0.2) is 34.1 Å². The molecule has 1 aromatic carbocycles. The molecule has 0 amide bonds. The van der Waals surface area contributed by atoms with Gasteiger partial charge in [-0.1, -0.05) is 6.42 Å². The summed E-state index contributed by atoms with van der Waals surface area (Å²) in [5.74, 6) is 1.92. The third-order valence-electron chi connectivity index (χ3n) is 4.45. The molecule has 0 radical (unpaired) electrons. The number of rotatable bonds is 3. The van der Waals surface area contributed by atoms with E-state index in [0.29, 0.717) is 12.1 Å². The number of H-pyrrole nitrogens is 1. The zero-order chi connectivity index (χ0) is 14.1. The summed E-state index contributed by atoms with van der Waals surface area (Å²) in [4.78, 5) is 10.7. The van der Waals surface area contributed by atoms with Crippen LogP contribution in [0.5, 0.6) is 5.75 Å². The standard InChI is InChI=1S/C16H23N3O/c1-11-5-4-6-12(2)19(11)10-16-17-14-8-7-13(20-3)9-15(14)18-16/h7-9,11-12H,4-6,10H2,1-3H3,(H,17,18)/t11-,12+. The molecule has 3 rings (SSSR count). The summed E-state index contributed by atoms with van der Waals surface area (Å²) in [6.07, 6.45) is 3.92. The molecule has 1 aliphatic rings. The molecule has 1 fully saturated rings. The van der Waals surface area contributed by atoms with Crippen molar-refractivity contribution in [2.75, 3.05) is 7.11 Å². The SMILES string of the molecule is COc1ccc2nc(CN3[C@H](C)CCC[C@@H]3C)[nH]c2c1. The van der Waals surface area contributed by atoms with E-state index < -0.39 is 0 Å². The van der Waals surface area contributed by atoms with E-state index >= 15 is 0 Å². The van der Waals surface area contributed by atoms with E-state index in [0.717, 1.165) is 29.2 Å². The van der Waals surface area contributed by atoms with E-state index in [-0.39, 0.29) is 0 Å². The van der Waals surface area contributed by atoms with Gasteiger partial charge in [-0.2, -0.15) is 0 Å². The largest absolute Gasteiger partial charge is 0.497 e. The van der Waals surface area contributed by atoms with Gasteiger partial charge in [-0.05, 0) is 38.8 Å². The Balaban J connectivity index is 1.83. The first-order chi connectivity index (χ1) is 9.67. The average molecular weight is 273 g/mol. The Morgan fingerprint density at radius 1 is 1.30 bits per heavy atom. The Labute approximate surface area is 120 Å². The second-order valence-electron chi connectivity index (χ2n) is 5.87. The van der Waals surface area contributed by atoms with E-state index in [9.17, 15) is 0 Å². The van der Waals surface area contributed by atoms with Crippen molar-refractivity contribution in [2.24, 2.45) is 0 Å². The second-order valence-corrected chi connectivity index (χ2v) is 5.87. The van der Waals surface area contributed by atoms with Gasteiger partial charge in [0.25, 0.3) is 0 Å². The summed E-state index contributed by atoms with van der Waals surface area (Å²) >= 11 is 0. The maximum absolute atomic E-state index is 5.26. The van der Waals surface area contributed by atoms with E-state index in [1.807, 2.05) is 18.2 Å². The first kappa shape index (κ1) is 13.4. The molecule has 20 heavy (non-hydrogen) atoms. The smallest absolute Gasteiger partial charge is 0.121 e. The van der Waals surface area contributed by atoms with Crippen LogP contribution in [0.2, 0.25) is 0 Å². The fourth-order valence-corrected chi connectivity index (χ4v) is 3.20. The average Bonchev–Trinajstić information content (AvgIpc) is 2.84. The highest BCUT2D eigenvalue weighted by Crippen LogP contribution is 2.25. The lowest BCUT2D eigenvalue weighted by Crippen LogP contribution is -2.43. The van der Waals surface area contributed by atoms with Crippen LogP contribution in [-0.2, 0) is 6.54 Å². The summed E-state index contributed by atoms with van der Waals surface area (Å²) in [5.41, 5.74) is 2.06. The Bertz CT molecular complexity index is 582. The van der Waals surface area contributed by atoms with Crippen molar-refractivity contribution in [3.63, 3.8) is 0 Å². The van der Waals surface area contributed by atoms with Crippen LogP contribution in [0.1, 0.15) is 38.9 Å². The number of ether oxygens (including phenoxy) is 1. The number of fused-ring (bicyclic) bond motifs is 1. The number of aromatic nitrogens is 2. The van der Waals surface area contributed by atoms with Crippen LogP contribution in [0.15, 0.2) is 18.2 Å². The molecule has 2 aromatic rings. The van der Waals surface area contributed by atoms with Gasteiger partial charge in [-0.15, -0.1) is 0 Å². The summed E-state index contributed by atoms with van der Waals surface area (Å²) in [6, 6.07) is 7.26. The number of imidazole rings is 1. The molecule has 1 aromatic heterocycles. The fraction of sp³-hybridized carbons (Fsp3) is 0.562. The van der Waals surface area contributed by atoms with E-state index in [1.165, 1.54) is 19.3 Å². The quantitative estimate of drug-likeness (QED) is 0.932. The van der Waals surface area contributed by atoms with Crippen molar-refractivity contribution < 1.29 is 4.74 Å². The van der Waals surface area contributed by atoms with E-state index in [2.05, 4.69) is 23.7 Å². The van der Waals surface area contributed by atoms with Gasteiger partial charge in [0.2, 0.25) is 0 Å². The molecule has 0 spiro atoms. The number of aromatic amines is 1. The molecule has 0 unspecified atom stereocenters. The fourth-order valence-electron chi connectivity index (χ4n) is 3.20. The first-order valence-electron chi connectivity index (χ1n) is 7.45. The molecule has 108 valence electrons. The van der Waals surface area contributed by atoms with Gasteiger partial charge in [-0.25, -0.2) is 4.98 Å². The van der Waals surface area contributed by atoms with Crippen LogP contribution in [0.25, 0.3) is 11.0 Å². The van der Waals surface area contributed by atoms with Gasteiger partial charge in [0.1, 0.15) is 11.6 Å². The highest BCUT2D eigenvalue weighted by molar-refractivity contribution is 5.76. The molecule has 0 bridgehead atoms. The molecule has 4 nitrogen and oxygen atoms in total. The molecule has 0 aliphatic carbocycles. The van der Waals surface area contributed by atoms with Gasteiger partial charge in [-0.3, -0.25) is 4.90 Å². The number of hydrogen-bond donors (Lipinski definition) is 1. The molecule has 2 heterocycles. The van der Waals surface area contributed by atoms with Crippen molar-refractivity contribution in [1.82, 2.24) is 14.9 Å². The zero-order valence-electron chi connectivity index (χ0n) is 12.5. The van der Waals surface area contributed by atoms with Crippen molar-refractivity contribution in [2.45, 2.75) is 51.7 Å². The second kappa shape index (κ2) is 5.44. The van der Waals surface area contributed by atoms with E-state index in [1.54, 1.807) is 7.11 Å². The molecule has 1 aliphatic heterocycles. The van der Waals surface area contributed by atoms with Crippen molar-refractivity contribution in [1.29, 1.82) is 0 Å². The normalized spacial score (nSPS) is 24.1. The van der Waals surface area contributed by atoms with Gasteiger partial charge >= 0.3 is 0 Å². The van der Waals surface area contributed by atoms with Crippen molar-refractivity contribution >= 4 is 11.0 Å². The Morgan fingerprint density at radius 3 is 2.75 bits per heavy atom. The molecular weight excluding hydrogens is 250 g/mol. The molecule has 0 saturated carbocycles. The van der Waals surface area contributed by atoms with Crippen molar-refractivity contribution in [3.8, 4) is 5.75 Å². The van der Waals surface area contributed by atoms with Crippen molar-refractivity contribution in [3.05, 3.63) is 24.0 Å². The Hall–Kier alpha value is -1.55. The molecule has 1 saturated heterocycles. The molecule has 2 atom stereocenters. The summed E-state index contributed by atoms with van der Waals surface area (Å²) in [7, 11) is 1.69. The third kappa shape index (κ3) is 2.52. The number of hydrogen-bond acceptors (Lipinski definition) is 3. The topological polar surface area (TPSA) is 41.1 Å². The van der Waals surface area contributed by atoms with Gasteiger partial charge in [0.15, 0.2) is 0 Å². The number of nitrogens with one attached hydrogen (secondary N) is 1. The molecular formula is C16H23N3O. The Kier molecular flexibility index (Phi) is 3.66. The lowest BCUT2D eigenvalue weighted by molar-refractivity contribution is 0.0926. The maximum atomic E-state index is 5.26. The van der Waals surface area contributed by atoms with E-state index in [4.69, 9.17) is 9.72 Å². The van der Waals surface area contributed by atoms with Gasteiger partial charge in [0, 0.05) is 18.2 Å². The minimum atomic E-state index is 0.640. The lowest BCUT2D eigenvalue weighted by Gasteiger charge is -2.38. The Morgan fingerprint density at radius 2 is 2.05 bits per heavy atom. The molecule has 4 heteroatoms. The minimum Gasteiger partial charge on any atom is -0.497 e. The van der Waals surface area contributed by atoms with Gasteiger partial charge < -0.3 is 9.72 Å². The number of piperidine rings is 1. The third-order valence-corrected chi connectivity index (χ3v) is 4.45. The van der Waals surface area contributed by atoms with Crippen LogP contribution >= 0.6 is 0 Å². The van der Waals surface area contributed by atoms with Crippen LogP contribution in [0.4, 0.5) is 0 Å². The predicted octanol–water partition coefficient (Wildman–Crippen LogP) is 3.33. The molecule has 1 N–H and O–H groups in total. The predicted molar refractivity (Wildman–Crippen MR) is 81.0 cm³/mol. The highest BCUT2D eigenvalue weighted by atomic mass is 16.5. The number of nitrogens with zero attached hydrogens (tertiary/aromatic N) is 2. The van der Waals surface area contributed by atoms with Crippen LogP contribution < -0.4 is 4.74 Å². The number of benzene rings is 1. The minimum absolute atomic E-state index is 0.640. The lowest BCUT2D eigenvalue weighted by atomic mass is 9.98. The van der Waals surface area contributed by atoms with Gasteiger partial charge in [0.05, 0.1) is 24.7 Å². The zero-order valence-corrected chi connectivity index (χ0v) is 12.5. The summed E-state index contributed by atoms with van der Waals surface area (Å²) < 4.78 is 5.26. The van der Waals surface area contributed by atoms with Crippen LogP contribution in [0, 0.1) is 0 Å². The monoisotopic (exact) mass is 273 g/mol.